The molecule has 368 valence electrons. The summed E-state index contributed by atoms with van der Waals surface area (Å²) in [6.07, 6.45) is 6.02. The van der Waals surface area contributed by atoms with E-state index in [-0.39, 0.29) is 80.7 Å². The second-order valence-electron chi connectivity index (χ2n) is 17.8. The number of benzene rings is 1. The molecule has 2 heterocycles. The molecule has 0 aromatic heterocycles. The van der Waals surface area contributed by atoms with Crippen molar-refractivity contribution < 1.29 is 56.4 Å². The zero-order valence-corrected chi connectivity index (χ0v) is 40.0. The van der Waals surface area contributed by atoms with E-state index in [4.69, 9.17) is 9.84 Å². The highest BCUT2D eigenvalue weighted by Crippen LogP contribution is 2.20. The number of amides is 6. The van der Waals surface area contributed by atoms with Crippen molar-refractivity contribution in [2.75, 3.05) is 32.8 Å². The zero-order chi connectivity index (χ0) is 49.1. The standard InChI is InChI=1S/C46H71N7O12S/c1-8-12-30(6)31(7)43(58)51-37(22-32-17-18-33(27-66(62,63)64)34(21-32)23-47-24-35-13-11-20-65-35)44(59)49-26-40(55)53-19-10-15-38(53)46(61)48-25-39(54)50-36(14-9-16-41(56)57)45(60)52-42(28(2)3)29(4)5/h8,12,17-18,21,28-30,35-38,42,47H,7,9-11,13-16,19-20,22-27H2,1-6H3,(H,48,61)(H,49,59)(H,50,54)(H,51,58)(H,52,60)(H,56,57)(H,62,63,64)/b12-8-. The number of carboxylic acid groups (broad SMARTS) is 1. The van der Waals surface area contributed by atoms with E-state index >= 15 is 0 Å². The largest absolute Gasteiger partial charge is 0.481 e. The lowest BCUT2D eigenvalue weighted by Gasteiger charge is -2.29. The molecule has 0 radical (unpaired) electrons. The molecule has 2 aliphatic rings. The second kappa shape index (κ2) is 26.8. The van der Waals surface area contributed by atoms with E-state index in [1.807, 2.05) is 27.7 Å². The number of carboxylic acids is 1. The van der Waals surface area contributed by atoms with Crippen LogP contribution in [0.15, 0.2) is 42.5 Å². The number of aliphatic carboxylic acids is 1. The highest BCUT2D eigenvalue weighted by molar-refractivity contribution is 7.85. The number of hydrogen-bond acceptors (Lipinski definition) is 11. The third kappa shape index (κ3) is 18.6. The third-order valence-electron chi connectivity index (χ3n) is 11.7. The van der Waals surface area contributed by atoms with Crippen molar-refractivity contribution in [1.29, 1.82) is 0 Å². The van der Waals surface area contributed by atoms with Crippen LogP contribution in [0.3, 0.4) is 0 Å². The van der Waals surface area contributed by atoms with Gasteiger partial charge in [-0.3, -0.25) is 38.1 Å². The molecule has 5 unspecified atom stereocenters. The Balaban J connectivity index is 1.71. The highest BCUT2D eigenvalue weighted by atomic mass is 32.2. The van der Waals surface area contributed by atoms with E-state index in [9.17, 15) is 46.5 Å². The van der Waals surface area contributed by atoms with Gasteiger partial charge in [0, 0.05) is 56.6 Å². The minimum Gasteiger partial charge on any atom is -0.481 e. The second-order valence-corrected chi connectivity index (χ2v) is 19.2. The minimum atomic E-state index is -4.38. The predicted molar refractivity (Wildman–Crippen MR) is 247 cm³/mol. The first-order chi connectivity index (χ1) is 31.1. The molecule has 2 saturated heterocycles. The number of nitrogens with zero attached hydrogens (tertiary/aromatic N) is 1. The van der Waals surface area contributed by atoms with Crippen molar-refractivity contribution in [1.82, 2.24) is 36.8 Å². The summed E-state index contributed by atoms with van der Waals surface area (Å²) in [6, 6.07) is 1.38. The van der Waals surface area contributed by atoms with E-state index in [2.05, 4.69) is 38.5 Å². The lowest BCUT2D eigenvalue weighted by Crippen LogP contribution is -2.55. The van der Waals surface area contributed by atoms with Crippen molar-refractivity contribution >= 4 is 51.5 Å². The van der Waals surface area contributed by atoms with Gasteiger partial charge in [0.25, 0.3) is 10.1 Å². The Labute approximate surface area is 388 Å². The normalized spacial score (nSPS) is 17.7. The van der Waals surface area contributed by atoms with Gasteiger partial charge >= 0.3 is 5.97 Å². The van der Waals surface area contributed by atoms with Gasteiger partial charge in [-0.15, -0.1) is 0 Å². The predicted octanol–water partition coefficient (Wildman–Crippen LogP) is 1.90. The molecule has 5 atom stereocenters. The maximum absolute atomic E-state index is 13.9. The van der Waals surface area contributed by atoms with Gasteiger partial charge < -0.3 is 46.6 Å². The van der Waals surface area contributed by atoms with Crippen LogP contribution in [-0.4, -0.2) is 127 Å². The molecule has 8 N–H and O–H groups in total. The zero-order valence-electron chi connectivity index (χ0n) is 39.2. The topological polar surface area (TPSA) is 279 Å². The van der Waals surface area contributed by atoms with Crippen LogP contribution >= 0.6 is 0 Å². The molecule has 2 fully saturated rings. The van der Waals surface area contributed by atoms with Gasteiger partial charge in [-0.25, -0.2) is 0 Å². The van der Waals surface area contributed by atoms with Crippen LogP contribution < -0.4 is 31.9 Å². The number of ether oxygens (including phenoxy) is 1. The van der Waals surface area contributed by atoms with E-state index in [0.29, 0.717) is 36.3 Å². The Morgan fingerprint density at radius 3 is 2.24 bits per heavy atom. The molecule has 0 spiro atoms. The van der Waals surface area contributed by atoms with Crippen LogP contribution in [0.5, 0.6) is 0 Å². The van der Waals surface area contributed by atoms with E-state index in [1.54, 1.807) is 38.1 Å². The fraction of sp³-hybridized carbons (Fsp3) is 0.630. The molecule has 20 heteroatoms. The maximum atomic E-state index is 13.9. The van der Waals surface area contributed by atoms with Crippen LogP contribution in [0.25, 0.3) is 0 Å². The van der Waals surface area contributed by atoms with Crippen LogP contribution in [-0.2, 0) is 67.1 Å². The van der Waals surface area contributed by atoms with Gasteiger partial charge in [-0.05, 0) is 74.0 Å². The Morgan fingerprint density at radius 1 is 0.909 bits per heavy atom. The van der Waals surface area contributed by atoms with Crippen molar-refractivity contribution in [3.8, 4) is 0 Å². The Kier molecular flexibility index (Phi) is 22.4. The van der Waals surface area contributed by atoms with E-state index in [1.165, 1.54) is 11.0 Å². The molecule has 0 saturated carbocycles. The fourth-order valence-electron chi connectivity index (χ4n) is 8.14. The first-order valence-electron chi connectivity index (χ1n) is 22.8. The average molecular weight is 946 g/mol. The number of carbonyl (C=O) groups is 7. The number of rotatable bonds is 27. The van der Waals surface area contributed by atoms with Gasteiger partial charge in [0.05, 0.1) is 19.2 Å². The Morgan fingerprint density at radius 2 is 1.62 bits per heavy atom. The fourth-order valence-corrected chi connectivity index (χ4v) is 8.81. The van der Waals surface area contributed by atoms with Crippen LogP contribution in [0, 0.1) is 17.8 Å². The summed E-state index contributed by atoms with van der Waals surface area (Å²) in [4.78, 5) is 93.0. The van der Waals surface area contributed by atoms with Crippen molar-refractivity contribution in [2.24, 2.45) is 17.8 Å². The van der Waals surface area contributed by atoms with Crippen molar-refractivity contribution in [3.63, 3.8) is 0 Å². The molecule has 1 aromatic rings. The molecule has 1 aromatic carbocycles. The first kappa shape index (κ1) is 55.1. The van der Waals surface area contributed by atoms with Crippen LogP contribution in [0.4, 0.5) is 0 Å². The molecule has 0 bridgehead atoms. The average Bonchev–Trinajstić information content (AvgIpc) is 3.96. The summed E-state index contributed by atoms with van der Waals surface area (Å²) in [7, 11) is -4.38. The number of allylic oxidation sites excluding steroid dienone is 2. The molecular formula is C46H71N7O12S. The summed E-state index contributed by atoms with van der Waals surface area (Å²) < 4.78 is 39.1. The Bertz CT molecular complexity index is 2010. The number of hydrogen-bond donors (Lipinski definition) is 8. The first-order valence-corrected chi connectivity index (χ1v) is 24.4. The molecule has 2 aliphatic heterocycles. The molecule has 0 aliphatic carbocycles. The number of carbonyl (C=O) groups excluding carboxylic acids is 6. The lowest BCUT2D eigenvalue weighted by molar-refractivity contribution is -0.139. The molecule has 6 amide bonds. The van der Waals surface area contributed by atoms with Crippen molar-refractivity contribution in [3.05, 3.63) is 59.2 Å². The van der Waals surface area contributed by atoms with Gasteiger partial charge in [0.15, 0.2) is 0 Å². The summed E-state index contributed by atoms with van der Waals surface area (Å²) >= 11 is 0. The van der Waals surface area contributed by atoms with Crippen molar-refractivity contribution in [2.45, 2.75) is 135 Å². The van der Waals surface area contributed by atoms with Crippen LogP contribution in [0.2, 0.25) is 0 Å². The third-order valence-corrected chi connectivity index (χ3v) is 12.4. The summed E-state index contributed by atoms with van der Waals surface area (Å²) in [5.41, 5.74) is 1.63. The number of likely N-dealkylation sites (tertiary alicyclic amines) is 1. The van der Waals surface area contributed by atoms with Gasteiger partial charge in [0.1, 0.15) is 23.9 Å². The monoisotopic (exact) mass is 945 g/mol. The van der Waals surface area contributed by atoms with Gasteiger partial charge in [-0.1, -0.05) is 71.5 Å². The molecule has 19 nitrogen and oxygen atoms in total. The summed E-state index contributed by atoms with van der Waals surface area (Å²) in [5, 5.41) is 25.8. The quantitative estimate of drug-likeness (QED) is 0.0356. The van der Waals surface area contributed by atoms with Crippen LogP contribution in [0.1, 0.15) is 103 Å². The van der Waals surface area contributed by atoms with Gasteiger partial charge in [-0.2, -0.15) is 8.42 Å². The Hall–Kier alpha value is -5.18. The smallest absolute Gasteiger partial charge is 0.303 e. The molecular weight excluding hydrogens is 875 g/mol. The SMILES string of the molecule is C=C(C(=O)NC(Cc1ccc(CS(=O)(=O)O)c(CNCC2CCCO2)c1)C(=O)NCC(=O)N1CCCC1C(=O)NCC(=O)NC(CCCC(=O)O)C(=O)NC(C(C)C)C(C)C)C(C)/C=C\C. The minimum absolute atomic E-state index is 0.00889. The molecule has 3 rings (SSSR count). The number of nitrogens with one attached hydrogen (secondary N) is 6. The lowest BCUT2D eigenvalue weighted by atomic mass is 9.92. The molecule has 66 heavy (non-hydrogen) atoms. The maximum Gasteiger partial charge on any atom is 0.303 e. The summed E-state index contributed by atoms with van der Waals surface area (Å²) in [5.74, 6) is -5.51. The van der Waals surface area contributed by atoms with E-state index < -0.39 is 88.5 Å². The highest BCUT2D eigenvalue weighted by Gasteiger charge is 2.35. The summed E-state index contributed by atoms with van der Waals surface area (Å²) in [6.45, 7) is 15.8. The van der Waals surface area contributed by atoms with Gasteiger partial charge in [0.2, 0.25) is 35.4 Å². The van der Waals surface area contributed by atoms with E-state index in [0.717, 1.165) is 12.8 Å².